The summed E-state index contributed by atoms with van der Waals surface area (Å²) in [5.74, 6) is 1.73. The van der Waals surface area contributed by atoms with E-state index in [1.807, 2.05) is 0 Å². The highest BCUT2D eigenvalue weighted by molar-refractivity contribution is 7.86. The number of halogens is 2. The van der Waals surface area contributed by atoms with E-state index in [2.05, 4.69) is 33.8 Å². The quantitative estimate of drug-likeness (QED) is 0.534. The molecule has 3 aliphatic rings. The van der Waals surface area contributed by atoms with E-state index in [-0.39, 0.29) is 23.4 Å². The zero-order chi connectivity index (χ0) is 18.8. The SMILES string of the molecule is CCC1CC2CC13C(=CC3COCC(F)(F)S(=O)(=O)O)C2(C)C(C)C. The van der Waals surface area contributed by atoms with Crippen LogP contribution in [0.5, 0.6) is 0 Å². The molecule has 7 heteroatoms. The molecule has 0 radical (unpaired) electrons. The van der Waals surface area contributed by atoms with Crippen LogP contribution in [-0.2, 0) is 14.9 Å². The van der Waals surface area contributed by atoms with Crippen LogP contribution in [0.3, 0.4) is 0 Å². The van der Waals surface area contributed by atoms with Crippen LogP contribution >= 0.6 is 0 Å². The minimum atomic E-state index is -5.44. The summed E-state index contributed by atoms with van der Waals surface area (Å²) in [4.78, 5) is 0. The number of alkyl halides is 2. The number of hydrogen-bond donors (Lipinski definition) is 1. The van der Waals surface area contributed by atoms with Gasteiger partial charge >= 0.3 is 15.4 Å². The Morgan fingerprint density at radius 3 is 2.60 bits per heavy atom. The van der Waals surface area contributed by atoms with Crippen molar-refractivity contribution in [1.29, 1.82) is 0 Å². The second-order valence-electron chi connectivity index (χ2n) is 8.53. The van der Waals surface area contributed by atoms with Gasteiger partial charge in [0.1, 0.15) is 6.61 Å². The molecule has 1 spiro atoms. The number of ether oxygens (including phenoxy) is 1. The molecular weight excluding hydrogens is 350 g/mol. The zero-order valence-corrected chi connectivity index (χ0v) is 16.1. The van der Waals surface area contributed by atoms with Crippen molar-refractivity contribution in [2.24, 2.45) is 34.5 Å². The van der Waals surface area contributed by atoms with E-state index in [1.165, 1.54) is 12.0 Å². The average molecular weight is 378 g/mol. The second kappa shape index (κ2) is 5.73. The summed E-state index contributed by atoms with van der Waals surface area (Å²) in [6.45, 7) is 7.76. The lowest BCUT2D eigenvalue weighted by Gasteiger charge is -2.56. The summed E-state index contributed by atoms with van der Waals surface area (Å²) in [5, 5.41) is -4.26. The molecule has 3 rings (SSSR count). The normalized spacial score (nSPS) is 40.2. The molecule has 3 aliphatic carbocycles. The van der Waals surface area contributed by atoms with Crippen LogP contribution in [0, 0.1) is 34.5 Å². The maximum absolute atomic E-state index is 13.4. The molecule has 144 valence electrons. The summed E-state index contributed by atoms with van der Waals surface area (Å²) < 4.78 is 61.7. The van der Waals surface area contributed by atoms with E-state index >= 15 is 0 Å². The van der Waals surface area contributed by atoms with Crippen molar-refractivity contribution < 1.29 is 26.5 Å². The summed E-state index contributed by atoms with van der Waals surface area (Å²) in [6, 6.07) is 0. The minimum absolute atomic E-state index is 0.0335. The Morgan fingerprint density at radius 2 is 2.08 bits per heavy atom. The van der Waals surface area contributed by atoms with Crippen molar-refractivity contribution >= 4 is 10.1 Å². The fourth-order valence-corrected chi connectivity index (χ4v) is 6.08. The molecule has 0 aromatic heterocycles. The molecule has 5 atom stereocenters. The molecule has 2 bridgehead atoms. The number of hydrogen-bond acceptors (Lipinski definition) is 3. The molecule has 0 aromatic rings. The van der Waals surface area contributed by atoms with Crippen molar-refractivity contribution in [2.75, 3.05) is 13.2 Å². The van der Waals surface area contributed by atoms with Gasteiger partial charge in [-0.05, 0) is 36.0 Å². The number of rotatable bonds is 7. The third-order valence-corrected chi connectivity index (χ3v) is 8.35. The maximum Gasteiger partial charge on any atom is 0.392 e. The largest absolute Gasteiger partial charge is 0.392 e. The highest BCUT2D eigenvalue weighted by Gasteiger charge is 2.70. The molecule has 1 N–H and O–H groups in total. The maximum atomic E-state index is 13.4. The van der Waals surface area contributed by atoms with Crippen molar-refractivity contribution in [2.45, 2.75) is 52.2 Å². The van der Waals surface area contributed by atoms with Crippen LogP contribution in [-0.4, -0.2) is 31.4 Å². The van der Waals surface area contributed by atoms with Gasteiger partial charge in [-0.1, -0.05) is 45.8 Å². The van der Waals surface area contributed by atoms with Crippen LogP contribution in [0.15, 0.2) is 11.6 Å². The van der Waals surface area contributed by atoms with Crippen LogP contribution in [0.2, 0.25) is 0 Å². The van der Waals surface area contributed by atoms with E-state index in [0.717, 1.165) is 12.8 Å². The lowest BCUT2D eigenvalue weighted by molar-refractivity contribution is -0.0482. The van der Waals surface area contributed by atoms with Crippen LogP contribution < -0.4 is 0 Å². The van der Waals surface area contributed by atoms with Crippen molar-refractivity contribution in [3.8, 4) is 0 Å². The lowest BCUT2D eigenvalue weighted by atomic mass is 9.49. The summed E-state index contributed by atoms with van der Waals surface area (Å²) in [6.07, 6.45) is 5.47. The van der Waals surface area contributed by atoms with Crippen LogP contribution in [0.25, 0.3) is 0 Å². The molecule has 25 heavy (non-hydrogen) atoms. The molecule has 2 saturated carbocycles. The third kappa shape index (κ3) is 2.45. The summed E-state index contributed by atoms with van der Waals surface area (Å²) in [7, 11) is -5.44. The molecule has 5 unspecified atom stereocenters. The van der Waals surface area contributed by atoms with Crippen LogP contribution in [0.1, 0.15) is 47.0 Å². The molecule has 4 nitrogen and oxygen atoms in total. The third-order valence-electron chi connectivity index (χ3n) is 7.48. The summed E-state index contributed by atoms with van der Waals surface area (Å²) in [5.41, 5.74) is 1.67. The molecule has 0 aromatic carbocycles. The van der Waals surface area contributed by atoms with Crippen molar-refractivity contribution in [3.05, 3.63) is 11.6 Å². The van der Waals surface area contributed by atoms with Gasteiger partial charge in [0.15, 0.2) is 0 Å². The first-order valence-corrected chi connectivity index (χ1v) is 10.5. The topological polar surface area (TPSA) is 63.6 Å². The highest BCUT2D eigenvalue weighted by atomic mass is 32.2. The number of fused-ring (bicyclic) bond motifs is 1. The van der Waals surface area contributed by atoms with Gasteiger partial charge < -0.3 is 4.74 Å². The molecule has 0 amide bonds. The first kappa shape index (κ1) is 19.2. The fourth-order valence-electron chi connectivity index (χ4n) is 5.85. The molecule has 0 heterocycles. The minimum Gasteiger partial charge on any atom is -0.373 e. The number of allylic oxidation sites excluding steroid dienone is 1. The van der Waals surface area contributed by atoms with Gasteiger partial charge in [0, 0.05) is 11.3 Å². The Hall–Kier alpha value is -0.530. The van der Waals surface area contributed by atoms with Gasteiger partial charge in [-0.15, -0.1) is 0 Å². The Balaban J connectivity index is 1.75. The predicted octanol–water partition coefficient (Wildman–Crippen LogP) is 4.14. The van der Waals surface area contributed by atoms with E-state index in [0.29, 0.717) is 17.8 Å². The lowest BCUT2D eigenvalue weighted by Crippen LogP contribution is -2.50. The van der Waals surface area contributed by atoms with E-state index < -0.39 is 22.0 Å². The van der Waals surface area contributed by atoms with E-state index in [4.69, 9.17) is 9.29 Å². The molecule has 0 saturated heterocycles. The van der Waals surface area contributed by atoms with E-state index in [1.54, 1.807) is 0 Å². The smallest absolute Gasteiger partial charge is 0.373 e. The monoisotopic (exact) mass is 378 g/mol. The Labute approximate surface area is 148 Å². The van der Waals surface area contributed by atoms with Gasteiger partial charge in [-0.3, -0.25) is 4.55 Å². The second-order valence-corrected chi connectivity index (χ2v) is 10.1. The molecular formula is C18H28F2O4S. The Kier molecular flexibility index (Phi) is 4.41. The molecule has 0 aliphatic heterocycles. The van der Waals surface area contributed by atoms with Gasteiger partial charge in [-0.2, -0.15) is 17.2 Å². The average Bonchev–Trinajstić information content (AvgIpc) is 2.97. The highest BCUT2D eigenvalue weighted by Crippen LogP contribution is 2.77. The summed E-state index contributed by atoms with van der Waals surface area (Å²) >= 11 is 0. The fraction of sp³-hybridized carbons (Fsp3) is 0.889. The Morgan fingerprint density at radius 1 is 1.44 bits per heavy atom. The molecule has 2 fully saturated rings. The standard InChI is InChI=1S/C18H28F2O4S/c1-5-12-6-13-8-17(12)14(7-15(17)16(13,4)11(2)3)9-24-10-18(19,20)25(21,22)23/h7,11-14H,5-6,8-10H2,1-4H3,(H,21,22,23). The zero-order valence-electron chi connectivity index (χ0n) is 15.3. The van der Waals surface area contributed by atoms with Gasteiger partial charge in [0.25, 0.3) is 0 Å². The van der Waals surface area contributed by atoms with E-state index in [9.17, 15) is 17.2 Å². The van der Waals surface area contributed by atoms with Crippen molar-refractivity contribution in [1.82, 2.24) is 0 Å². The van der Waals surface area contributed by atoms with Gasteiger partial charge in [-0.25, -0.2) is 0 Å². The van der Waals surface area contributed by atoms with Gasteiger partial charge in [0.2, 0.25) is 0 Å². The Bertz CT molecular complexity index is 687. The van der Waals surface area contributed by atoms with Crippen LogP contribution in [0.4, 0.5) is 8.78 Å². The first-order valence-electron chi connectivity index (χ1n) is 9.06. The predicted molar refractivity (Wildman–Crippen MR) is 90.8 cm³/mol. The van der Waals surface area contributed by atoms with Gasteiger partial charge in [0.05, 0.1) is 6.61 Å². The first-order chi connectivity index (χ1) is 11.4. The van der Waals surface area contributed by atoms with Crippen molar-refractivity contribution in [3.63, 3.8) is 0 Å².